The van der Waals surface area contributed by atoms with Crippen LogP contribution in [0.4, 0.5) is 4.79 Å². The molecule has 0 bridgehead atoms. The van der Waals surface area contributed by atoms with Gasteiger partial charge in [0.05, 0.1) is 12.9 Å². The van der Waals surface area contributed by atoms with Crippen molar-refractivity contribution in [1.29, 1.82) is 0 Å². The van der Waals surface area contributed by atoms with Gasteiger partial charge in [0.2, 0.25) is 0 Å². The highest BCUT2D eigenvalue weighted by molar-refractivity contribution is 6.30. The van der Waals surface area contributed by atoms with Crippen LogP contribution in [-0.4, -0.2) is 48.2 Å². The zero-order chi connectivity index (χ0) is 19.2. The molecular weight excluding hydrogens is 364 g/mol. The van der Waals surface area contributed by atoms with E-state index in [-0.39, 0.29) is 18.2 Å². The van der Waals surface area contributed by atoms with Gasteiger partial charge in [0.1, 0.15) is 11.8 Å². The summed E-state index contributed by atoms with van der Waals surface area (Å²) < 4.78 is 10.8. The fourth-order valence-corrected chi connectivity index (χ4v) is 3.41. The zero-order valence-corrected chi connectivity index (χ0v) is 16.3. The van der Waals surface area contributed by atoms with Crippen molar-refractivity contribution in [1.82, 2.24) is 9.80 Å². The van der Waals surface area contributed by atoms with Crippen molar-refractivity contribution in [2.24, 2.45) is 0 Å². The molecule has 6 heteroatoms. The summed E-state index contributed by atoms with van der Waals surface area (Å²) >= 11 is 6.06. The van der Waals surface area contributed by atoms with E-state index >= 15 is 0 Å². The number of furan rings is 1. The summed E-state index contributed by atoms with van der Waals surface area (Å²) in [7, 11) is 0. The number of rotatable bonds is 3. The van der Waals surface area contributed by atoms with Gasteiger partial charge in [-0.1, -0.05) is 29.5 Å². The molecule has 1 saturated heterocycles. The van der Waals surface area contributed by atoms with Gasteiger partial charge >= 0.3 is 6.09 Å². The van der Waals surface area contributed by atoms with Crippen molar-refractivity contribution in [3.63, 3.8) is 0 Å². The van der Waals surface area contributed by atoms with E-state index in [1.54, 1.807) is 11.2 Å². The maximum Gasteiger partial charge on any atom is 0.409 e. The highest BCUT2D eigenvalue weighted by atomic mass is 35.5. The van der Waals surface area contributed by atoms with Gasteiger partial charge in [0.25, 0.3) is 0 Å². The van der Waals surface area contributed by atoms with Crippen LogP contribution in [0.1, 0.15) is 31.2 Å². The predicted octanol–water partition coefficient (Wildman–Crippen LogP) is 4.19. The lowest BCUT2D eigenvalue weighted by Crippen LogP contribution is -2.54. The molecule has 0 N–H and O–H groups in total. The van der Waals surface area contributed by atoms with Crippen LogP contribution in [0, 0.1) is 11.8 Å². The summed E-state index contributed by atoms with van der Waals surface area (Å²) in [4.78, 5) is 16.0. The van der Waals surface area contributed by atoms with Crippen molar-refractivity contribution < 1.29 is 13.9 Å². The number of benzene rings is 1. The minimum Gasteiger partial charge on any atom is -0.467 e. The highest BCUT2D eigenvalue weighted by Crippen LogP contribution is 2.26. The number of halogens is 1. The quantitative estimate of drug-likeness (QED) is 0.742. The van der Waals surface area contributed by atoms with E-state index in [1.165, 1.54) is 0 Å². The van der Waals surface area contributed by atoms with E-state index in [4.69, 9.17) is 20.8 Å². The molecule has 3 rings (SSSR count). The summed E-state index contributed by atoms with van der Waals surface area (Å²) in [6, 6.07) is 11.2. The van der Waals surface area contributed by atoms with Crippen molar-refractivity contribution >= 4 is 17.7 Å². The van der Waals surface area contributed by atoms with Gasteiger partial charge in [-0.05, 0) is 44.2 Å². The van der Waals surface area contributed by atoms with Crippen LogP contribution < -0.4 is 0 Å². The minimum atomic E-state index is -0.261. The maximum absolute atomic E-state index is 12.0. The number of ether oxygens (including phenoxy) is 1. The second-order valence-corrected chi connectivity index (χ2v) is 6.87. The van der Waals surface area contributed by atoms with E-state index in [2.05, 4.69) is 23.7 Å². The first-order valence-corrected chi connectivity index (χ1v) is 9.44. The van der Waals surface area contributed by atoms with Crippen molar-refractivity contribution in [2.45, 2.75) is 25.9 Å². The number of carbonyl (C=O) groups is 1. The van der Waals surface area contributed by atoms with Crippen LogP contribution in [0.2, 0.25) is 5.02 Å². The van der Waals surface area contributed by atoms with Crippen LogP contribution >= 0.6 is 11.6 Å². The summed E-state index contributed by atoms with van der Waals surface area (Å²) in [6.07, 6.45) is 1.40. The molecule has 1 fully saturated rings. The summed E-state index contributed by atoms with van der Waals surface area (Å²) in [6.45, 7) is 6.16. The minimum absolute atomic E-state index is 0.118. The molecule has 142 valence electrons. The van der Waals surface area contributed by atoms with Crippen LogP contribution in [0.15, 0.2) is 47.1 Å². The summed E-state index contributed by atoms with van der Waals surface area (Å²) in [5.74, 6) is 7.32. The van der Waals surface area contributed by atoms with Crippen LogP contribution in [-0.2, 0) is 4.74 Å². The first-order chi connectivity index (χ1) is 13.1. The molecule has 1 aromatic heterocycles. The Morgan fingerprint density at radius 3 is 2.89 bits per heavy atom. The molecule has 0 saturated carbocycles. The molecule has 2 aromatic rings. The lowest BCUT2D eigenvalue weighted by molar-refractivity contribution is 0.0441. The summed E-state index contributed by atoms with van der Waals surface area (Å²) in [5, 5.41) is 0.660. The molecule has 1 aliphatic heterocycles. The largest absolute Gasteiger partial charge is 0.467 e. The topological polar surface area (TPSA) is 45.9 Å². The lowest BCUT2D eigenvalue weighted by Gasteiger charge is -2.41. The Balaban J connectivity index is 1.80. The SMILES string of the molecule is CCOC(=O)N1CCN([C@H](C#Cc2cccc(Cl)c2)c2ccco2)[C@@H](C)C1. The molecule has 5 nitrogen and oxygen atoms in total. The molecule has 1 aliphatic rings. The molecule has 27 heavy (non-hydrogen) atoms. The first-order valence-electron chi connectivity index (χ1n) is 9.06. The number of carbonyl (C=O) groups excluding carboxylic acids is 1. The van der Waals surface area contributed by atoms with Crippen LogP contribution in [0.5, 0.6) is 0 Å². The van der Waals surface area contributed by atoms with Gasteiger partial charge < -0.3 is 14.1 Å². The van der Waals surface area contributed by atoms with E-state index in [9.17, 15) is 4.79 Å². The molecule has 1 aromatic carbocycles. The number of piperazine rings is 1. The number of hydrogen-bond donors (Lipinski definition) is 0. The average molecular weight is 387 g/mol. The Labute approximate surface area is 164 Å². The normalized spacial score (nSPS) is 18.5. The lowest BCUT2D eigenvalue weighted by atomic mass is 10.1. The monoisotopic (exact) mass is 386 g/mol. The molecule has 0 aliphatic carbocycles. The van der Waals surface area contributed by atoms with Gasteiger partial charge in [0.15, 0.2) is 0 Å². The standard InChI is InChI=1S/C21H23ClN2O3/c1-3-26-21(25)23-11-12-24(16(2)15-23)19(20-8-5-13-27-20)10-9-17-6-4-7-18(22)14-17/h4-8,13-14,16,19H,3,11-12,15H2,1-2H3/t16-,19+/m0/s1. The van der Waals surface area contributed by atoms with Gasteiger partial charge in [-0.3, -0.25) is 4.90 Å². The zero-order valence-electron chi connectivity index (χ0n) is 15.5. The Kier molecular flexibility index (Phi) is 6.44. The molecule has 0 unspecified atom stereocenters. The molecule has 1 amide bonds. The van der Waals surface area contributed by atoms with Gasteiger partial charge in [-0.25, -0.2) is 4.79 Å². The van der Waals surface area contributed by atoms with Gasteiger partial charge in [0, 0.05) is 36.3 Å². The van der Waals surface area contributed by atoms with E-state index < -0.39 is 0 Å². The Hall–Kier alpha value is -2.42. The van der Waals surface area contributed by atoms with E-state index in [0.717, 1.165) is 11.3 Å². The molecule has 2 atom stereocenters. The Morgan fingerprint density at radius 1 is 1.37 bits per heavy atom. The third-order valence-electron chi connectivity index (χ3n) is 4.53. The van der Waals surface area contributed by atoms with Crippen LogP contribution in [0.3, 0.4) is 0 Å². The third-order valence-corrected chi connectivity index (χ3v) is 4.76. The molecule has 0 spiro atoms. The van der Waals surface area contributed by atoms with Gasteiger partial charge in [-0.15, -0.1) is 0 Å². The van der Waals surface area contributed by atoms with E-state index in [1.807, 2.05) is 43.3 Å². The highest BCUT2D eigenvalue weighted by Gasteiger charge is 2.33. The molecule has 2 heterocycles. The van der Waals surface area contributed by atoms with Crippen molar-refractivity contribution in [3.05, 3.63) is 59.0 Å². The second-order valence-electron chi connectivity index (χ2n) is 6.43. The fourth-order valence-electron chi connectivity index (χ4n) is 3.22. The molecule has 0 radical (unpaired) electrons. The molecular formula is C21H23ClN2O3. The van der Waals surface area contributed by atoms with Crippen LogP contribution in [0.25, 0.3) is 0 Å². The Bertz CT molecular complexity index is 825. The van der Waals surface area contributed by atoms with Crippen molar-refractivity contribution in [2.75, 3.05) is 26.2 Å². The smallest absolute Gasteiger partial charge is 0.409 e. The number of nitrogens with zero attached hydrogens (tertiary/aromatic N) is 2. The first kappa shape index (κ1) is 19.3. The second kappa shape index (κ2) is 8.98. The average Bonchev–Trinajstić information content (AvgIpc) is 3.17. The van der Waals surface area contributed by atoms with E-state index in [0.29, 0.717) is 31.3 Å². The summed E-state index contributed by atoms with van der Waals surface area (Å²) in [5.41, 5.74) is 0.858. The number of hydrogen-bond acceptors (Lipinski definition) is 4. The fraction of sp³-hybridized carbons (Fsp3) is 0.381. The Morgan fingerprint density at radius 2 is 2.22 bits per heavy atom. The van der Waals surface area contributed by atoms with Gasteiger partial charge in [-0.2, -0.15) is 0 Å². The number of amides is 1. The third kappa shape index (κ3) is 4.85. The predicted molar refractivity (Wildman–Crippen MR) is 105 cm³/mol. The van der Waals surface area contributed by atoms with Crippen molar-refractivity contribution in [3.8, 4) is 11.8 Å². The maximum atomic E-state index is 12.0.